The van der Waals surface area contributed by atoms with Crippen LogP contribution in [0.4, 0.5) is 0 Å². The molecule has 0 N–H and O–H groups in total. The van der Waals surface area contributed by atoms with Crippen LogP contribution in [0.3, 0.4) is 0 Å². The summed E-state index contributed by atoms with van der Waals surface area (Å²) in [6.07, 6.45) is 4.49. The van der Waals surface area contributed by atoms with Gasteiger partial charge in [-0.05, 0) is 49.4 Å². The summed E-state index contributed by atoms with van der Waals surface area (Å²) in [6, 6.07) is 7.54. The first-order valence-corrected chi connectivity index (χ1v) is 9.74. The van der Waals surface area contributed by atoms with Gasteiger partial charge in [0.05, 0.1) is 25.1 Å². The van der Waals surface area contributed by atoms with Crippen LogP contribution in [0.5, 0.6) is 5.75 Å². The Bertz CT molecular complexity index is 829. The summed E-state index contributed by atoms with van der Waals surface area (Å²) in [4.78, 5) is 4.46. The van der Waals surface area contributed by atoms with Gasteiger partial charge >= 0.3 is 0 Å². The second kappa shape index (κ2) is 5.89. The minimum absolute atomic E-state index is 0.120. The Morgan fingerprint density at radius 2 is 2.08 bits per heavy atom. The molecule has 1 saturated heterocycles. The van der Waals surface area contributed by atoms with Gasteiger partial charge in [0.15, 0.2) is 0 Å². The van der Waals surface area contributed by atoms with E-state index in [1.807, 2.05) is 24.3 Å². The van der Waals surface area contributed by atoms with E-state index >= 15 is 0 Å². The number of methoxy groups -OCH3 is 1. The Labute approximate surface area is 141 Å². The van der Waals surface area contributed by atoms with Crippen LogP contribution in [0.25, 0.3) is 11.5 Å². The van der Waals surface area contributed by atoms with Crippen molar-refractivity contribution in [3.05, 3.63) is 36.2 Å². The molecule has 2 heterocycles. The van der Waals surface area contributed by atoms with Crippen LogP contribution < -0.4 is 4.74 Å². The summed E-state index contributed by atoms with van der Waals surface area (Å²) >= 11 is 0. The zero-order chi connectivity index (χ0) is 16.7. The Kier molecular flexibility index (Phi) is 3.85. The third kappa shape index (κ3) is 2.82. The van der Waals surface area contributed by atoms with Crippen molar-refractivity contribution in [1.82, 2.24) is 9.29 Å². The highest BCUT2D eigenvalue weighted by Crippen LogP contribution is 2.38. The number of aromatic nitrogens is 1. The lowest BCUT2D eigenvalue weighted by molar-refractivity contribution is 0.291. The van der Waals surface area contributed by atoms with Gasteiger partial charge < -0.3 is 9.15 Å². The molecule has 1 saturated carbocycles. The van der Waals surface area contributed by atoms with Gasteiger partial charge in [-0.15, -0.1) is 0 Å². The number of nitrogens with zero attached hydrogens (tertiary/aromatic N) is 2. The normalized spacial score (nSPS) is 25.7. The average Bonchev–Trinajstić information content (AvgIpc) is 3.19. The summed E-state index contributed by atoms with van der Waals surface area (Å²) < 4.78 is 37.2. The molecule has 6 nitrogen and oxygen atoms in total. The molecular weight excluding hydrogens is 328 g/mol. The number of rotatable bonds is 4. The summed E-state index contributed by atoms with van der Waals surface area (Å²) in [7, 11) is -1.57. The van der Waals surface area contributed by atoms with Gasteiger partial charge in [-0.2, -0.15) is 4.31 Å². The largest absolute Gasteiger partial charge is 0.497 e. The fraction of sp³-hybridized carbons (Fsp3) is 0.471. The quantitative estimate of drug-likeness (QED) is 0.849. The van der Waals surface area contributed by atoms with Crippen molar-refractivity contribution in [2.75, 3.05) is 12.9 Å². The van der Waals surface area contributed by atoms with Gasteiger partial charge in [0.25, 0.3) is 0 Å². The summed E-state index contributed by atoms with van der Waals surface area (Å²) in [5.41, 5.74) is 1.49. The molecule has 4 rings (SSSR count). The van der Waals surface area contributed by atoms with E-state index < -0.39 is 10.0 Å². The maximum atomic E-state index is 12.4. The van der Waals surface area contributed by atoms with Gasteiger partial charge in [-0.3, -0.25) is 0 Å². The number of ether oxygens (including phenoxy) is 1. The molecule has 2 aromatic rings. The number of oxazole rings is 1. The van der Waals surface area contributed by atoms with E-state index in [1.165, 1.54) is 0 Å². The van der Waals surface area contributed by atoms with E-state index in [2.05, 4.69) is 4.98 Å². The van der Waals surface area contributed by atoms with E-state index in [4.69, 9.17) is 9.15 Å². The standard InChI is InChI=1S/C17H20N2O4S/c1-22-16-6-3-13(4-7-16)17-18-14(10-23-17)9-19-15-5-2-12(8-15)11-24(19,20)21/h3-4,6-7,10,12,15H,2,5,8-9,11H2,1H3/t12-,15+/m0/s1. The number of fused-ring (bicyclic) bond motifs is 2. The van der Waals surface area contributed by atoms with E-state index in [0.29, 0.717) is 24.0 Å². The average molecular weight is 348 g/mol. The highest BCUT2D eigenvalue weighted by atomic mass is 32.2. The third-order valence-electron chi connectivity index (χ3n) is 4.93. The van der Waals surface area contributed by atoms with E-state index in [9.17, 15) is 8.42 Å². The predicted octanol–water partition coefficient (Wildman–Crippen LogP) is 2.66. The van der Waals surface area contributed by atoms with Crippen molar-refractivity contribution in [1.29, 1.82) is 0 Å². The fourth-order valence-corrected chi connectivity index (χ4v) is 5.78. The van der Waals surface area contributed by atoms with Crippen LogP contribution in [-0.4, -0.2) is 36.6 Å². The van der Waals surface area contributed by atoms with E-state index in [-0.39, 0.29) is 11.8 Å². The lowest BCUT2D eigenvalue weighted by Crippen LogP contribution is -2.44. The second-order valence-electron chi connectivity index (χ2n) is 6.53. The van der Waals surface area contributed by atoms with Crippen molar-refractivity contribution in [3.8, 4) is 17.2 Å². The van der Waals surface area contributed by atoms with Gasteiger partial charge in [-0.25, -0.2) is 13.4 Å². The van der Waals surface area contributed by atoms with E-state index in [0.717, 1.165) is 30.6 Å². The molecule has 1 aromatic heterocycles. The molecule has 1 aliphatic heterocycles. The fourth-order valence-electron chi connectivity index (χ4n) is 3.72. The molecule has 0 spiro atoms. The van der Waals surface area contributed by atoms with Crippen LogP contribution in [0.1, 0.15) is 25.0 Å². The summed E-state index contributed by atoms with van der Waals surface area (Å²) in [5, 5.41) is 0. The van der Waals surface area contributed by atoms with Gasteiger partial charge in [0.2, 0.25) is 15.9 Å². The molecule has 0 radical (unpaired) electrons. The van der Waals surface area contributed by atoms with Crippen LogP contribution in [-0.2, 0) is 16.6 Å². The highest BCUT2D eigenvalue weighted by Gasteiger charge is 2.43. The number of hydrogen-bond acceptors (Lipinski definition) is 5. The minimum Gasteiger partial charge on any atom is -0.497 e. The molecule has 2 bridgehead atoms. The SMILES string of the molecule is COc1ccc(-c2nc(CN3[C@@H]4CC[C@@H](C4)CS3(=O)=O)co2)cc1. The van der Waals surface area contributed by atoms with Crippen LogP contribution in [0.2, 0.25) is 0 Å². The van der Waals surface area contributed by atoms with E-state index in [1.54, 1.807) is 17.7 Å². The first-order valence-electron chi connectivity index (χ1n) is 8.13. The maximum Gasteiger partial charge on any atom is 0.226 e. The molecular formula is C17H20N2O4S. The number of benzene rings is 1. The highest BCUT2D eigenvalue weighted by molar-refractivity contribution is 7.89. The molecule has 0 unspecified atom stereocenters. The number of hydrogen-bond donors (Lipinski definition) is 0. The Balaban J connectivity index is 1.54. The Hall–Kier alpha value is -1.86. The van der Waals surface area contributed by atoms with Crippen molar-refractivity contribution in [2.45, 2.75) is 31.8 Å². The lowest BCUT2D eigenvalue weighted by Gasteiger charge is -2.31. The first kappa shape index (κ1) is 15.7. The summed E-state index contributed by atoms with van der Waals surface area (Å²) in [5.74, 6) is 1.86. The minimum atomic E-state index is -3.19. The molecule has 1 aliphatic carbocycles. The molecule has 2 atom stereocenters. The lowest BCUT2D eigenvalue weighted by atomic mass is 10.1. The van der Waals surface area contributed by atoms with Crippen molar-refractivity contribution in [2.24, 2.45) is 5.92 Å². The molecule has 0 amide bonds. The van der Waals surface area contributed by atoms with Gasteiger partial charge in [0.1, 0.15) is 12.0 Å². The van der Waals surface area contributed by atoms with Crippen molar-refractivity contribution >= 4 is 10.0 Å². The van der Waals surface area contributed by atoms with Gasteiger partial charge in [-0.1, -0.05) is 0 Å². The Morgan fingerprint density at radius 1 is 1.29 bits per heavy atom. The van der Waals surface area contributed by atoms with Crippen LogP contribution in [0.15, 0.2) is 34.9 Å². The maximum absolute atomic E-state index is 12.4. The van der Waals surface area contributed by atoms with Crippen LogP contribution in [0, 0.1) is 5.92 Å². The topological polar surface area (TPSA) is 72.6 Å². The second-order valence-corrected chi connectivity index (χ2v) is 8.50. The summed E-state index contributed by atoms with van der Waals surface area (Å²) in [6.45, 7) is 0.291. The smallest absolute Gasteiger partial charge is 0.226 e. The first-order chi connectivity index (χ1) is 11.5. The monoisotopic (exact) mass is 348 g/mol. The third-order valence-corrected chi connectivity index (χ3v) is 6.97. The van der Waals surface area contributed by atoms with Gasteiger partial charge in [0, 0.05) is 11.6 Å². The number of sulfonamides is 1. The Morgan fingerprint density at radius 3 is 2.83 bits per heavy atom. The molecule has 2 aliphatic rings. The molecule has 1 aromatic carbocycles. The van der Waals surface area contributed by atoms with Crippen molar-refractivity contribution in [3.63, 3.8) is 0 Å². The van der Waals surface area contributed by atoms with Crippen molar-refractivity contribution < 1.29 is 17.6 Å². The molecule has 24 heavy (non-hydrogen) atoms. The zero-order valence-electron chi connectivity index (χ0n) is 13.5. The molecule has 128 valence electrons. The predicted molar refractivity (Wildman–Crippen MR) is 88.9 cm³/mol. The molecule has 7 heteroatoms. The van der Waals surface area contributed by atoms with Crippen LogP contribution >= 0.6 is 0 Å². The zero-order valence-corrected chi connectivity index (χ0v) is 14.3. The molecule has 2 fully saturated rings.